The van der Waals surface area contributed by atoms with E-state index in [0.717, 1.165) is 24.0 Å². The SMILES string of the molecule is CCCN(CCC)C(=O)c1cc(C(N)=O)cc(-c2ccsc2)c1. The first-order chi connectivity index (χ1) is 11.1. The van der Waals surface area contributed by atoms with Gasteiger partial charge in [-0.25, -0.2) is 0 Å². The van der Waals surface area contributed by atoms with Crippen molar-refractivity contribution < 1.29 is 9.59 Å². The number of amides is 2. The maximum atomic E-state index is 12.8. The lowest BCUT2D eigenvalue weighted by Gasteiger charge is -2.22. The van der Waals surface area contributed by atoms with Crippen LogP contribution in [0.4, 0.5) is 0 Å². The number of hydrogen-bond acceptors (Lipinski definition) is 3. The van der Waals surface area contributed by atoms with Crippen LogP contribution >= 0.6 is 11.3 Å². The third-order valence-corrected chi connectivity index (χ3v) is 4.28. The Hall–Kier alpha value is -2.14. The predicted molar refractivity (Wildman–Crippen MR) is 94.8 cm³/mol. The molecule has 0 aliphatic rings. The summed E-state index contributed by atoms with van der Waals surface area (Å²) in [6, 6.07) is 7.15. The molecule has 2 amide bonds. The molecule has 0 saturated heterocycles. The Balaban J connectivity index is 2.44. The molecule has 0 fully saturated rings. The first-order valence-electron chi connectivity index (χ1n) is 7.83. The molecule has 23 heavy (non-hydrogen) atoms. The van der Waals surface area contributed by atoms with E-state index in [4.69, 9.17) is 5.73 Å². The second kappa shape index (κ2) is 7.92. The lowest BCUT2D eigenvalue weighted by Crippen LogP contribution is -2.32. The number of carbonyl (C=O) groups is 2. The fourth-order valence-corrected chi connectivity index (χ4v) is 3.19. The fraction of sp³-hybridized carbons (Fsp3) is 0.333. The van der Waals surface area contributed by atoms with Crippen molar-refractivity contribution >= 4 is 23.2 Å². The third-order valence-electron chi connectivity index (χ3n) is 3.59. The lowest BCUT2D eigenvalue weighted by atomic mass is 10.0. The standard InChI is InChI=1S/C18H22N2O2S/c1-3-6-20(7-4-2)18(22)16-10-14(13-5-8-23-12-13)9-15(11-16)17(19)21/h5,8-12H,3-4,6-7H2,1-2H3,(H2,19,21). The van der Waals surface area contributed by atoms with Gasteiger partial charge in [-0.05, 0) is 59.0 Å². The first kappa shape index (κ1) is 17.2. The quantitative estimate of drug-likeness (QED) is 0.840. The van der Waals surface area contributed by atoms with Crippen molar-refractivity contribution in [3.05, 3.63) is 46.2 Å². The molecule has 1 aromatic heterocycles. The van der Waals surface area contributed by atoms with E-state index < -0.39 is 5.91 Å². The Kier molecular flexibility index (Phi) is 5.93. The van der Waals surface area contributed by atoms with E-state index >= 15 is 0 Å². The highest BCUT2D eigenvalue weighted by Crippen LogP contribution is 2.25. The Morgan fingerprint density at radius 2 is 1.70 bits per heavy atom. The van der Waals surface area contributed by atoms with Crippen molar-refractivity contribution in [3.8, 4) is 11.1 Å². The number of thiophene rings is 1. The Morgan fingerprint density at radius 3 is 2.22 bits per heavy atom. The highest BCUT2D eigenvalue weighted by molar-refractivity contribution is 7.08. The van der Waals surface area contributed by atoms with Gasteiger partial charge >= 0.3 is 0 Å². The lowest BCUT2D eigenvalue weighted by molar-refractivity contribution is 0.0755. The maximum Gasteiger partial charge on any atom is 0.253 e. The summed E-state index contributed by atoms with van der Waals surface area (Å²) in [4.78, 5) is 26.2. The Morgan fingerprint density at radius 1 is 1.04 bits per heavy atom. The average Bonchev–Trinajstić information content (AvgIpc) is 3.08. The van der Waals surface area contributed by atoms with E-state index in [0.29, 0.717) is 24.2 Å². The number of primary amides is 1. The molecule has 2 rings (SSSR count). The van der Waals surface area contributed by atoms with E-state index in [1.165, 1.54) is 0 Å². The number of rotatable bonds is 7. The van der Waals surface area contributed by atoms with Crippen LogP contribution in [0.3, 0.4) is 0 Å². The van der Waals surface area contributed by atoms with Crippen LogP contribution in [0.5, 0.6) is 0 Å². The second-order valence-electron chi connectivity index (χ2n) is 5.47. The van der Waals surface area contributed by atoms with Gasteiger partial charge in [0.1, 0.15) is 0 Å². The van der Waals surface area contributed by atoms with Crippen molar-refractivity contribution in [2.75, 3.05) is 13.1 Å². The van der Waals surface area contributed by atoms with Gasteiger partial charge in [0.15, 0.2) is 0 Å². The average molecular weight is 330 g/mol. The van der Waals surface area contributed by atoms with Crippen LogP contribution in [0.15, 0.2) is 35.0 Å². The Labute approximate surface area is 140 Å². The zero-order valence-electron chi connectivity index (χ0n) is 13.5. The van der Waals surface area contributed by atoms with Crippen LogP contribution in [-0.4, -0.2) is 29.8 Å². The fourth-order valence-electron chi connectivity index (χ4n) is 2.53. The molecule has 0 spiro atoms. The van der Waals surface area contributed by atoms with Crippen LogP contribution in [0.25, 0.3) is 11.1 Å². The number of nitrogens with two attached hydrogens (primary N) is 1. The summed E-state index contributed by atoms with van der Waals surface area (Å²) in [5.74, 6) is -0.568. The smallest absolute Gasteiger partial charge is 0.253 e. The van der Waals surface area contributed by atoms with Crippen LogP contribution in [0, 0.1) is 0 Å². The summed E-state index contributed by atoms with van der Waals surface area (Å²) in [5.41, 5.74) is 8.16. The van der Waals surface area contributed by atoms with Gasteiger partial charge in [-0.1, -0.05) is 13.8 Å². The monoisotopic (exact) mass is 330 g/mol. The molecule has 2 N–H and O–H groups in total. The highest BCUT2D eigenvalue weighted by atomic mass is 32.1. The van der Waals surface area contributed by atoms with Crippen LogP contribution in [0.2, 0.25) is 0 Å². The molecule has 1 heterocycles. The zero-order chi connectivity index (χ0) is 16.8. The number of benzene rings is 1. The predicted octanol–water partition coefficient (Wildman–Crippen LogP) is 3.78. The highest BCUT2D eigenvalue weighted by Gasteiger charge is 2.17. The van der Waals surface area contributed by atoms with Gasteiger partial charge in [0.05, 0.1) is 0 Å². The molecule has 4 nitrogen and oxygen atoms in total. The van der Waals surface area contributed by atoms with E-state index in [1.807, 2.05) is 41.6 Å². The van der Waals surface area contributed by atoms with Gasteiger partial charge in [0.25, 0.3) is 5.91 Å². The first-order valence-corrected chi connectivity index (χ1v) is 8.77. The molecular weight excluding hydrogens is 308 g/mol. The molecule has 0 aliphatic carbocycles. The number of carbonyl (C=O) groups excluding carboxylic acids is 2. The summed E-state index contributed by atoms with van der Waals surface area (Å²) in [6.45, 7) is 5.52. The molecule has 5 heteroatoms. The Bertz CT molecular complexity index is 674. The largest absolute Gasteiger partial charge is 0.366 e. The van der Waals surface area contributed by atoms with E-state index in [-0.39, 0.29) is 5.91 Å². The maximum absolute atomic E-state index is 12.8. The molecule has 122 valence electrons. The minimum Gasteiger partial charge on any atom is -0.366 e. The minimum atomic E-state index is -0.520. The van der Waals surface area contributed by atoms with Crippen molar-refractivity contribution in [2.24, 2.45) is 5.73 Å². The van der Waals surface area contributed by atoms with Crippen molar-refractivity contribution in [2.45, 2.75) is 26.7 Å². The summed E-state index contributed by atoms with van der Waals surface area (Å²) in [7, 11) is 0. The van der Waals surface area contributed by atoms with Crippen molar-refractivity contribution in [3.63, 3.8) is 0 Å². The molecule has 0 unspecified atom stereocenters. The number of nitrogens with zero attached hydrogens (tertiary/aromatic N) is 1. The summed E-state index contributed by atoms with van der Waals surface area (Å²) in [6.07, 6.45) is 1.80. The molecule has 0 bridgehead atoms. The summed E-state index contributed by atoms with van der Waals surface area (Å²) < 4.78 is 0. The summed E-state index contributed by atoms with van der Waals surface area (Å²) >= 11 is 1.57. The van der Waals surface area contributed by atoms with Gasteiger partial charge in [-0.2, -0.15) is 11.3 Å². The van der Waals surface area contributed by atoms with E-state index in [9.17, 15) is 9.59 Å². The number of hydrogen-bond donors (Lipinski definition) is 1. The van der Waals surface area contributed by atoms with E-state index in [2.05, 4.69) is 0 Å². The summed E-state index contributed by atoms with van der Waals surface area (Å²) in [5, 5.41) is 3.96. The molecule has 1 aromatic carbocycles. The van der Waals surface area contributed by atoms with Crippen LogP contribution < -0.4 is 5.73 Å². The molecular formula is C18H22N2O2S. The van der Waals surface area contributed by atoms with Gasteiger partial charge < -0.3 is 10.6 Å². The second-order valence-corrected chi connectivity index (χ2v) is 6.25. The molecule has 0 aliphatic heterocycles. The van der Waals surface area contributed by atoms with Gasteiger partial charge in [0.2, 0.25) is 5.91 Å². The van der Waals surface area contributed by atoms with Crippen molar-refractivity contribution in [1.29, 1.82) is 0 Å². The van der Waals surface area contributed by atoms with Crippen LogP contribution in [0.1, 0.15) is 47.4 Å². The third kappa shape index (κ3) is 4.20. The van der Waals surface area contributed by atoms with Gasteiger partial charge in [0, 0.05) is 24.2 Å². The molecule has 0 atom stereocenters. The normalized spacial score (nSPS) is 10.5. The zero-order valence-corrected chi connectivity index (χ0v) is 14.4. The van der Waals surface area contributed by atoms with E-state index in [1.54, 1.807) is 23.5 Å². The van der Waals surface area contributed by atoms with Crippen molar-refractivity contribution in [1.82, 2.24) is 4.90 Å². The molecule has 0 saturated carbocycles. The topological polar surface area (TPSA) is 63.4 Å². The van der Waals surface area contributed by atoms with Crippen LogP contribution in [-0.2, 0) is 0 Å². The molecule has 2 aromatic rings. The van der Waals surface area contributed by atoms with Gasteiger partial charge in [-0.3, -0.25) is 9.59 Å². The minimum absolute atomic E-state index is 0.0479. The van der Waals surface area contributed by atoms with Gasteiger partial charge in [-0.15, -0.1) is 0 Å². The molecule has 0 radical (unpaired) electrons.